The minimum atomic E-state index is -3.26. The van der Waals surface area contributed by atoms with Crippen LogP contribution in [0.15, 0.2) is 0 Å². The normalized spacial score (nSPS) is 20.8. The van der Waals surface area contributed by atoms with Crippen LogP contribution in [0.3, 0.4) is 0 Å². The van der Waals surface area contributed by atoms with Gasteiger partial charge in [-0.2, -0.15) is 0 Å². The van der Waals surface area contributed by atoms with E-state index in [9.17, 15) is 8.42 Å². The monoisotopic (exact) mass is 307 g/mol. The smallest absolute Gasteiger partial charge is 0.215 e. The lowest BCUT2D eigenvalue weighted by Crippen LogP contribution is -2.48. The Morgan fingerprint density at radius 2 is 1.90 bits per heavy atom. The van der Waals surface area contributed by atoms with Crippen molar-refractivity contribution in [1.82, 2.24) is 14.9 Å². The highest BCUT2D eigenvalue weighted by Crippen LogP contribution is 2.03. The summed E-state index contributed by atoms with van der Waals surface area (Å²) >= 11 is 0. The Hall–Kier alpha value is -0.210. The maximum atomic E-state index is 12.2. The van der Waals surface area contributed by atoms with E-state index in [2.05, 4.69) is 21.9 Å². The Morgan fingerprint density at radius 3 is 2.50 bits per heavy atom. The van der Waals surface area contributed by atoms with Gasteiger partial charge in [0.1, 0.15) is 0 Å². The fraction of sp³-hybridized carbons (Fsp3) is 1.00. The molecule has 0 radical (unpaired) electrons. The first kappa shape index (κ1) is 17.8. The van der Waals surface area contributed by atoms with Crippen LogP contribution in [0.5, 0.6) is 0 Å². The van der Waals surface area contributed by atoms with Gasteiger partial charge in [0, 0.05) is 32.2 Å². The fourth-order valence-corrected chi connectivity index (χ4v) is 3.40. The third-order valence-corrected chi connectivity index (χ3v) is 5.35. The number of ether oxygens (including phenoxy) is 1. The predicted octanol–water partition coefficient (Wildman–Crippen LogP) is 0.0146. The first-order chi connectivity index (χ1) is 9.45. The quantitative estimate of drug-likeness (QED) is 0.588. The van der Waals surface area contributed by atoms with Gasteiger partial charge in [-0.05, 0) is 26.8 Å². The lowest BCUT2D eigenvalue weighted by atomic mass is 10.3. The second-order valence-corrected chi connectivity index (χ2v) is 7.62. The number of sulfonamides is 1. The summed E-state index contributed by atoms with van der Waals surface area (Å²) < 4.78 is 32.4. The van der Waals surface area contributed by atoms with Crippen molar-refractivity contribution in [2.45, 2.75) is 38.5 Å². The largest absolute Gasteiger partial charge is 0.379 e. The van der Waals surface area contributed by atoms with Crippen LogP contribution in [-0.2, 0) is 14.8 Å². The minimum Gasteiger partial charge on any atom is -0.379 e. The van der Waals surface area contributed by atoms with Gasteiger partial charge in [0.25, 0.3) is 0 Å². The molecule has 1 rings (SSSR count). The summed E-state index contributed by atoms with van der Waals surface area (Å²) in [4.78, 5) is 2.23. The number of rotatable bonds is 9. The van der Waals surface area contributed by atoms with Gasteiger partial charge in [-0.3, -0.25) is 4.90 Å². The summed E-state index contributed by atoms with van der Waals surface area (Å²) in [5.74, 6) is 0. The molecule has 0 aliphatic carbocycles. The van der Waals surface area contributed by atoms with E-state index in [1.165, 1.54) is 0 Å². The molecule has 1 saturated heterocycles. The number of nitrogens with zero attached hydrogens (tertiary/aromatic N) is 1. The SMILES string of the molecule is CCCNCC(C)S(=O)(=O)NC(C)CN1CCOCC1. The molecule has 20 heavy (non-hydrogen) atoms. The molecule has 0 bridgehead atoms. The van der Waals surface area contributed by atoms with Gasteiger partial charge in [-0.25, -0.2) is 13.1 Å². The zero-order valence-corrected chi connectivity index (χ0v) is 13.7. The minimum absolute atomic E-state index is 0.0771. The van der Waals surface area contributed by atoms with Crippen molar-refractivity contribution in [3.63, 3.8) is 0 Å². The lowest BCUT2D eigenvalue weighted by Gasteiger charge is -2.29. The highest BCUT2D eigenvalue weighted by atomic mass is 32.2. The zero-order valence-electron chi connectivity index (χ0n) is 12.9. The number of hydrogen-bond acceptors (Lipinski definition) is 5. The van der Waals surface area contributed by atoms with E-state index in [1.807, 2.05) is 6.92 Å². The molecule has 1 aliphatic rings. The van der Waals surface area contributed by atoms with Crippen LogP contribution in [0.4, 0.5) is 0 Å². The van der Waals surface area contributed by atoms with Gasteiger partial charge < -0.3 is 10.1 Å². The first-order valence-corrected chi connectivity index (χ1v) is 9.02. The van der Waals surface area contributed by atoms with E-state index in [0.717, 1.165) is 45.8 Å². The van der Waals surface area contributed by atoms with E-state index >= 15 is 0 Å². The summed E-state index contributed by atoms with van der Waals surface area (Å²) in [7, 11) is -3.26. The molecule has 0 amide bonds. The van der Waals surface area contributed by atoms with Crippen molar-refractivity contribution < 1.29 is 13.2 Å². The highest BCUT2D eigenvalue weighted by Gasteiger charge is 2.23. The highest BCUT2D eigenvalue weighted by molar-refractivity contribution is 7.90. The Morgan fingerprint density at radius 1 is 1.25 bits per heavy atom. The summed E-state index contributed by atoms with van der Waals surface area (Å²) in [6.45, 7) is 11.0. The maximum Gasteiger partial charge on any atom is 0.215 e. The molecule has 1 fully saturated rings. The molecular formula is C13H29N3O3S. The van der Waals surface area contributed by atoms with E-state index in [0.29, 0.717) is 6.54 Å². The van der Waals surface area contributed by atoms with Gasteiger partial charge in [-0.1, -0.05) is 6.92 Å². The molecule has 2 N–H and O–H groups in total. The Labute approximate surface area is 123 Å². The second kappa shape index (κ2) is 8.94. The Kier molecular flexibility index (Phi) is 7.98. The van der Waals surface area contributed by atoms with Crippen LogP contribution in [0.25, 0.3) is 0 Å². The maximum absolute atomic E-state index is 12.2. The summed E-state index contributed by atoms with van der Waals surface area (Å²) in [5.41, 5.74) is 0. The van der Waals surface area contributed by atoms with Gasteiger partial charge in [0.2, 0.25) is 10.0 Å². The van der Waals surface area contributed by atoms with Gasteiger partial charge in [-0.15, -0.1) is 0 Å². The summed E-state index contributed by atoms with van der Waals surface area (Å²) in [6.07, 6.45) is 1.01. The third-order valence-electron chi connectivity index (χ3n) is 3.39. The molecule has 1 aliphatic heterocycles. The Balaban J connectivity index is 2.35. The molecule has 0 spiro atoms. The number of hydrogen-bond donors (Lipinski definition) is 2. The van der Waals surface area contributed by atoms with Crippen molar-refractivity contribution in [3.8, 4) is 0 Å². The molecule has 1 heterocycles. The average molecular weight is 307 g/mol. The van der Waals surface area contributed by atoms with E-state index in [1.54, 1.807) is 6.92 Å². The van der Waals surface area contributed by atoms with Crippen molar-refractivity contribution in [1.29, 1.82) is 0 Å². The average Bonchev–Trinajstić information content (AvgIpc) is 2.39. The second-order valence-electron chi connectivity index (χ2n) is 5.49. The molecular weight excluding hydrogens is 278 g/mol. The molecule has 0 saturated carbocycles. The van der Waals surface area contributed by atoms with Crippen LogP contribution in [0.1, 0.15) is 27.2 Å². The third kappa shape index (κ3) is 6.49. The fourth-order valence-electron chi connectivity index (χ4n) is 2.20. The van der Waals surface area contributed by atoms with Crippen LogP contribution in [0.2, 0.25) is 0 Å². The van der Waals surface area contributed by atoms with Gasteiger partial charge in [0.15, 0.2) is 0 Å². The molecule has 2 atom stereocenters. The van der Waals surface area contributed by atoms with Crippen LogP contribution < -0.4 is 10.0 Å². The van der Waals surface area contributed by atoms with Crippen LogP contribution >= 0.6 is 0 Å². The predicted molar refractivity (Wildman–Crippen MR) is 81.4 cm³/mol. The molecule has 6 nitrogen and oxygen atoms in total. The molecule has 0 aromatic heterocycles. The molecule has 120 valence electrons. The van der Waals surface area contributed by atoms with Crippen LogP contribution in [-0.4, -0.2) is 70.5 Å². The van der Waals surface area contributed by atoms with E-state index in [4.69, 9.17) is 4.74 Å². The molecule has 7 heteroatoms. The zero-order chi connectivity index (χ0) is 15.0. The van der Waals surface area contributed by atoms with Crippen molar-refractivity contribution >= 4 is 10.0 Å². The lowest BCUT2D eigenvalue weighted by molar-refractivity contribution is 0.0354. The summed E-state index contributed by atoms with van der Waals surface area (Å²) in [6, 6.07) is -0.0771. The first-order valence-electron chi connectivity index (χ1n) is 7.47. The van der Waals surface area contributed by atoms with E-state index in [-0.39, 0.29) is 6.04 Å². The topological polar surface area (TPSA) is 70.7 Å². The van der Waals surface area contributed by atoms with E-state index < -0.39 is 15.3 Å². The molecule has 0 aromatic rings. The van der Waals surface area contributed by atoms with Crippen LogP contribution in [0, 0.1) is 0 Å². The van der Waals surface area contributed by atoms with Gasteiger partial charge >= 0.3 is 0 Å². The molecule has 2 unspecified atom stereocenters. The van der Waals surface area contributed by atoms with Crippen molar-refractivity contribution in [2.24, 2.45) is 0 Å². The van der Waals surface area contributed by atoms with Gasteiger partial charge in [0.05, 0.1) is 18.5 Å². The summed E-state index contributed by atoms with van der Waals surface area (Å²) in [5, 5.41) is 2.73. The molecule has 0 aromatic carbocycles. The number of nitrogens with one attached hydrogen (secondary N) is 2. The standard InChI is InChI=1S/C13H29N3O3S/c1-4-5-14-10-13(3)20(17,18)15-12(2)11-16-6-8-19-9-7-16/h12-15H,4-11H2,1-3H3. The van der Waals surface area contributed by atoms with Crippen molar-refractivity contribution in [3.05, 3.63) is 0 Å². The Bertz CT molecular complexity index is 356. The van der Waals surface area contributed by atoms with Crippen molar-refractivity contribution in [2.75, 3.05) is 45.9 Å². The number of morpholine rings is 1.